The van der Waals surface area contributed by atoms with Gasteiger partial charge in [-0.25, -0.2) is 0 Å². The Morgan fingerprint density at radius 2 is 1.65 bits per heavy atom. The van der Waals surface area contributed by atoms with Crippen LogP contribution in [0, 0.1) is 5.92 Å². The minimum Gasteiger partial charge on any atom is -0.372 e. The molecule has 2 aliphatic rings. The van der Waals surface area contributed by atoms with Crippen molar-refractivity contribution in [3.05, 3.63) is 42.0 Å². The first kappa shape index (κ1) is 17.0. The second-order valence-electron chi connectivity index (χ2n) is 7.48. The minimum absolute atomic E-state index is 0.00709. The van der Waals surface area contributed by atoms with E-state index in [0.717, 1.165) is 23.6 Å². The largest absolute Gasteiger partial charge is 0.372 e. The Labute approximate surface area is 153 Å². The van der Waals surface area contributed by atoms with Gasteiger partial charge in [-0.1, -0.05) is 24.3 Å². The van der Waals surface area contributed by atoms with Gasteiger partial charge in [-0.3, -0.25) is 9.59 Å². The van der Waals surface area contributed by atoms with Crippen LogP contribution in [-0.4, -0.2) is 42.0 Å². The lowest BCUT2D eigenvalue weighted by atomic mass is 10.0. The van der Waals surface area contributed by atoms with Gasteiger partial charge in [-0.2, -0.15) is 0 Å². The van der Waals surface area contributed by atoms with Crippen LogP contribution in [-0.2, 0) is 9.53 Å². The number of amides is 2. The molecular formula is C21H24N2O3. The monoisotopic (exact) mass is 352 g/mol. The lowest BCUT2D eigenvalue weighted by Crippen LogP contribution is -2.48. The number of carbonyl (C=O) groups is 2. The van der Waals surface area contributed by atoms with Gasteiger partial charge in [0.05, 0.1) is 23.5 Å². The van der Waals surface area contributed by atoms with E-state index in [1.54, 1.807) is 0 Å². The van der Waals surface area contributed by atoms with E-state index in [9.17, 15) is 9.59 Å². The van der Waals surface area contributed by atoms with Crippen LogP contribution in [0.2, 0.25) is 0 Å². The number of hydrogen-bond acceptors (Lipinski definition) is 3. The number of benzene rings is 2. The van der Waals surface area contributed by atoms with Gasteiger partial charge in [0.15, 0.2) is 0 Å². The molecule has 2 amide bonds. The maximum atomic E-state index is 13.2. The Morgan fingerprint density at radius 1 is 1.04 bits per heavy atom. The van der Waals surface area contributed by atoms with Crippen molar-refractivity contribution in [3.8, 4) is 0 Å². The van der Waals surface area contributed by atoms with Crippen molar-refractivity contribution in [2.75, 3.05) is 18.4 Å². The quantitative estimate of drug-likeness (QED) is 0.921. The van der Waals surface area contributed by atoms with Crippen LogP contribution in [0.25, 0.3) is 10.8 Å². The fraction of sp³-hybridized carbons (Fsp3) is 0.429. The number of morpholine rings is 1. The molecule has 2 fully saturated rings. The fourth-order valence-electron chi connectivity index (χ4n) is 3.62. The van der Waals surface area contributed by atoms with Crippen LogP contribution in [0.15, 0.2) is 36.4 Å². The summed E-state index contributed by atoms with van der Waals surface area (Å²) in [6.45, 7) is 5.08. The fourth-order valence-corrected chi connectivity index (χ4v) is 3.62. The van der Waals surface area contributed by atoms with Crippen molar-refractivity contribution in [1.29, 1.82) is 0 Å². The summed E-state index contributed by atoms with van der Waals surface area (Å²) in [6.07, 6.45) is 1.88. The highest BCUT2D eigenvalue weighted by Gasteiger charge is 2.32. The molecule has 2 aromatic carbocycles. The van der Waals surface area contributed by atoms with Crippen molar-refractivity contribution in [3.63, 3.8) is 0 Å². The summed E-state index contributed by atoms with van der Waals surface area (Å²) in [6, 6.07) is 11.7. The molecular weight excluding hydrogens is 328 g/mol. The van der Waals surface area contributed by atoms with Crippen LogP contribution in [0.1, 0.15) is 37.0 Å². The number of anilines is 1. The van der Waals surface area contributed by atoms with Gasteiger partial charge in [-0.05, 0) is 49.6 Å². The maximum absolute atomic E-state index is 13.2. The number of nitrogens with zero attached hydrogens (tertiary/aromatic N) is 1. The lowest BCUT2D eigenvalue weighted by Gasteiger charge is -2.35. The summed E-state index contributed by atoms with van der Waals surface area (Å²) in [4.78, 5) is 27.4. The summed E-state index contributed by atoms with van der Waals surface area (Å²) in [5.41, 5.74) is 1.16. The van der Waals surface area contributed by atoms with Crippen molar-refractivity contribution in [2.45, 2.75) is 38.9 Å². The molecule has 0 aromatic heterocycles. The Bertz CT molecular complexity index is 849. The van der Waals surface area contributed by atoms with Gasteiger partial charge >= 0.3 is 0 Å². The predicted molar refractivity (Wildman–Crippen MR) is 101 cm³/mol. The van der Waals surface area contributed by atoms with Crippen LogP contribution in [0.3, 0.4) is 0 Å². The molecule has 2 unspecified atom stereocenters. The number of ether oxygens (including phenoxy) is 1. The van der Waals surface area contributed by atoms with Crippen LogP contribution < -0.4 is 5.32 Å². The van der Waals surface area contributed by atoms with Gasteiger partial charge in [-0.15, -0.1) is 0 Å². The molecule has 1 N–H and O–H groups in total. The third-order valence-electron chi connectivity index (χ3n) is 5.03. The first-order valence-electron chi connectivity index (χ1n) is 9.29. The maximum Gasteiger partial charge on any atom is 0.256 e. The Balaban J connectivity index is 1.71. The smallest absolute Gasteiger partial charge is 0.256 e. The second-order valence-corrected chi connectivity index (χ2v) is 7.48. The Kier molecular flexibility index (Phi) is 4.41. The van der Waals surface area contributed by atoms with E-state index in [2.05, 4.69) is 5.32 Å². The van der Waals surface area contributed by atoms with Gasteiger partial charge < -0.3 is 15.0 Å². The van der Waals surface area contributed by atoms with E-state index in [-0.39, 0.29) is 29.9 Å². The molecule has 1 saturated carbocycles. The summed E-state index contributed by atoms with van der Waals surface area (Å²) in [5.74, 6) is 0.0507. The molecule has 0 spiro atoms. The van der Waals surface area contributed by atoms with Crippen LogP contribution in [0.4, 0.5) is 5.69 Å². The topological polar surface area (TPSA) is 58.6 Å². The normalized spacial score (nSPS) is 23.1. The minimum atomic E-state index is -0.0520. The highest BCUT2D eigenvalue weighted by molar-refractivity contribution is 6.08. The molecule has 2 aromatic rings. The van der Waals surface area contributed by atoms with Crippen LogP contribution >= 0.6 is 0 Å². The highest BCUT2D eigenvalue weighted by atomic mass is 16.5. The van der Waals surface area contributed by atoms with E-state index >= 15 is 0 Å². The van der Waals surface area contributed by atoms with E-state index in [0.29, 0.717) is 24.3 Å². The molecule has 0 bridgehead atoms. The zero-order chi connectivity index (χ0) is 18.3. The van der Waals surface area contributed by atoms with Gasteiger partial charge in [0.25, 0.3) is 5.91 Å². The van der Waals surface area contributed by atoms with Crippen molar-refractivity contribution < 1.29 is 14.3 Å². The molecule has 136 valence electrons. The molecule has 5 heteroatoms. The third kappa shape index (κ3) is 3.44. The molecule has 0 radical (unpaired) electrons. The average molecular weight is 352 g/mol. The number of nitrogens with one attached hydrogen (secondary N) is 1. The van der Waals surface area contributed by atoms with E-state index in [1.165, 1.54) is 0 Å². The van der Waals surface area contributed by atoms with Crippen molar-refractivity contribution in [1.82, 2.24) is 4.90 Å². The van der Waals surface area contributed by atoms with Crippen molar-refractivity contribution >= 4 is 28.3 Å². The van der Waals surface area contributed by atoms with E-state index < -0.39 is 0 Å². The summed E-state index contributed by atoms with van der Waals surface area (Å²) >= 11 is 0. The standard InChI is InChI=1S/C21H24N2O3/c1-13-11-23(12-14(2)26-13)21(25)18-9-16-5-3-4-6-17(16)10-19(18)22-20(24)15-7-8-15/h3-6,9-10,13-15H,7-8,11-12H2,1-2H3,(H,22,24). The second kappa shape index (κ2) is 6.72. The highest BCUT2D eigenvalue weighted by Crippen LogP contribution is 2.32. The summed E-state index contributed by atoms with van der Waals surface area (Å²) in [5, 5.41) is 5.00. The van der Waals surface area contributed by atoms with Gasteiger partial charge in [0.2, 0.25) is 5.91 Å². The molecule has 2 atom stereocenters. The third-order valence-corrected chi connectivity index (χ3v) is 5.03. The van der Waals surface area contributed by atoms with E-state index in [4.69, 9.17) is 4.74 Å². The zero-order valence-electron chi connectivity index (χ0n) is 15.2. The summed E-state index contributed by atoms with van der Waals surface area (Å²) < 4.78 is 5.74. The lowest BCUT2D eigenvalue weighted by molar-refractivity contribution is -0.117. The molecule has 1 saturated heterocycles. The van der Waals surface area contributed by atoms with Gasteiger partial charge in [0, 0.05) is 19.0 Å². The number of fused-ring (bicyclic) bond motifs is 1. The van der Waals surface area contributed by atoms with E-state index in [1.807, 2.05) is 55.1 Å². The summed E-state index contributed by atoms with van der Waals surface area (Å²) in [7, 11) is 0. The number of carbonyl (C=O) groups excluding carboxylic acids is 2. The SMILES string of the molecule is CC1CN(C(=O)c2cc3ccccc3cc2NC(=O)C2CC2)CC(C)O1. The first-order valence-corrected chi connectivity index (χ1v) is 9.29. The predicted octanol–water partition coefficient (Wildman–Crippen LogP) is 3.44. The van der Waals surface area contributed by atoms with Crippen LogP contribution in [0.5, 0.6) is 0 Å². The molecule has 5 nitrogen and oxygen atoms in total. The number of hydrogen-bond donors (Lipinski definition) is 1. The Morgan fingerprint density at radius 3 is 2.27 bits per heavy atom. The molecule has 26 heavy (non-hydrogen) atoms. The molecule has 4 rings (SSSR count). The first-order chi connectivity index (χ1) is 12.5. The number of rotatable bonds is 3. The molecule has 1 heterocycles. The molecule has 1 aliphatic carbocycles. The average Bonchev–Trinajstić information content (AvgIpc) is 3.45. The van der Waals surface area contributed by atoms with Crippen molar-refractivity contribution in [2.24, 2.45) is 5.92 Å². The Hall–Kier alpha value is -2.40. The molecule has 1 aliphatic heterocycles. The zero-order valence-corrected chi connectivity index (χ0v) is 15.2. The van der Waals surface area contributed by atoms with Gasteiger partial charge in [0.1, 0.15) is 0 Å².